The topological polar surface area (TPSA) is 79.0 Å². The third-order valence-corrected chi connectivity index (χ3v) is 5.49. The molecule has 0 aliphatic heterocycles. The van der Waals surface area contributed by atoms with Gasteiger partial charge in [0.15, 0.2) is 0 Å². The molecule has 6 heteroatoms. The van der Waals surface area contributed by atoms with E-state index in [-0.39, 0.29) is 17.9 Å². The molecule has 0 fully saturated rings. The summed E-state index contributed by atoms with van der Waals surface area (Å²) in [7, 11) is 0. The standard InChI is InChI=1S/C26H26N4O2/c1-2-19-9-11-20(12-10-19)17-30(18-21-6-5-15-27-16-21)25(31)14-13-24-28-23-8-4-3-7-22(23)26(32)29-24/h3-12,15-16H,2,13-14,17-18H2,1H3,(H,28,29,32). The molecule has 2 aromatic heterocycles. The molecular weight excluding hydrogens is 400 g/mol. The number of aromatic nitrogens is 3. The lowest BCUT2D eigenvalue weighted by Crippen LogP contribution is -2.30. The van der Waals surface area contributed by atoms with Crippen molar-refractivity contribution in [3.63, 3.8) is 0 Å². The number of hydrogen-bond acceptors (Lipinski definition) is 4. The van der Waals surface area contributed by atoms with Gasteiger partial charge in [0.05, 0.1) is 10.9 Å². The second-order valence-electron chi connectivity index (χ2n) is 7.81. The first-order valence-corrected chi connectivity index (χ1v) is 10.8. The number of nitrogens with one attached hydrogen (secondary N) is 1. The number of H-pyrrole nitrogens is 1. The number of rotatable bonds is 8. The van der Waals surface area contributed by atoms with Crippen LogP contribution in [0.1, 0.15) is 35.9 Å². The molecule has 0 aliphatic rings. The fourth-order valence-electron chi connectivity index (χ4n) is 3.68. The van der Waals surface area contributed by atoms with Crippen LogP contribution in [0.25, 0.3) is 10.9 Å². The highest BCUT2D eigenvalue weighted by Gasteiger charge is 2.16. The molecule has 0 spiro atoms. The zero-order valence-corrected chi connectivity index (χ0v) is 18.1. The first kappa shape index (κ1) is 21.4. The van der Waals surface area contributed by atoms with Crippen molar-refractivity contribution in [3.05, 3.63) is 106 Å². The van der Waals surface area contributed by atoms with Crippen LogP contribution in [0.15, 0.2) is 77.9 Å². The first-order chi connectivity index (χ1) is 15.6. The van der Waals surface area contributed by atoms with Gasteiger partial charge in [-0.3, -0.25) is 14.6 Å². The lowest BCUT2D eigenvalue weighted by Gasteiger charge is -2.23. The van der Waals surface area contributed by atoms with Gasteiger partial charge in [-0.15, -0.1) is 0 Å². The molecule has 0 atom stereocenters. The summed E-state index contributed by atoms with van der Waals surface area (Å²) < 4.78 is 0. The zero-order valence-electron chi connectivity index (χ0n) is 18.1. The summed E-state index contributed by atoms with van der Waals surface area (Å²) >= 11 is 0. The van der Waals surface area contributed by atoms with Gasteiger partial charge in [0.25, 0.3) is 5.56 Å². The van der Waals surface area contributed by atoms with Gasteiger partial charge in [-0.25, -0.2) is 4.98 Å². The normalized spacial score (nSPS) is 10.9. The second-order valence-corrected chi connectivity index (χ2v) is 7.81. The fourth-order valence-corrected chi connectivity index (χ4v) is 3.68. The molecule has 1 N–H and O–H groups in total. The van der Waals surface area contributed by atoms with Crippen LogP contribution >= 0.6 is 0 Å². The molecule has 0 saturated carbocycles. The largest absolute Gasteiger partial charge is 0.334 e. The maximum absolute atomic E-state index is 13.2. The van der Waals surface area contributed by atoms with E-state index in [1.165, 1.54) is 5.56 Å². The molecule has 0 saturated heterocycles. The Morgan fingerprint density at radius 1 is 0.938 bits per heavy atom. The number of nitrogens with zero attached hydrogens (tertiary/aromatic N) is 3. The average Bonchev–Trinajstić information content (AvgIpc) is 2.83. The minimum absolute atomic E-state index is 0.00392. The molecule has 4 rings (SSSR count). The van der Waals surface area contributed by atoms with E-state index in [1.807, 2.05) is 35.2 Å². The Balaban J connectivity index is 1.50. The Bertz CT molecular complexity index is 1250. The van der Waals surface area contributed by atoms with Gasteiger partial charge in [-0.2, -0.15) is 0 Å². The molecule has 0 bridgehead atoms. The Morgan fingerprint density at radius 3 is 2.44 bits per heavy atom. The Hall–Kier alpha value is -3.80. The van der Waals surface area contributed by atoms with E-state index in [0.29, 0.717) is 36.2 Å². The smallest absolute Gasteiger partial charge is 0.258 e. The molecule has 6 nitrogen and oxygen atoms in total. The molecule has 0 unspecified atom stereocenters. The van der Waals surface area contributed by atoms with E-state index in [1.54, 1.807) is 18.5 Å². The third kappa shape index (κ3) is 5.27. The Kier molecular flexibility index (Phi) is 6.70. The summed E-state index contributed by atoms with van der Waals surface area (Å²) in [5.41, 5.74) is 3.79. The number of benzene rings is 2. The summed E-state index contributed by atoms with van der Waals surface area (Å²) in [4.78, 5) is 38.8. The van der Waals surface area contributed by atoms with Crippen molar-refractivity contribution in [2.24, 2.45) is 0 Å². The van der Waals surface area contributed by atoms with Gasteiger partial charge >= 0.3 is 0 Å². The Morgan fingerprint density at radius 2 is 1.69 bits per heavy atom. The molecule has 32 heavy (non-hydrogen) atoms. The SMILES string of the molecule is CCc1ccc(CN(Cc2cccnc2)C(=O)CCc2nc3ccccc3c(=O)[nH]2)cc1. The number of para-hydroxylation sites is 1. The molecule has 1 amide bonds. The highest BCUT2D eigenvalue weighted by atomic mass is 16.2. The van der Waals surface area contributed by atoms with Gasteiger partial charge in [-0.1, -0.05) is 49.4 Å². The molecule has 4 aromatic rings. The number of amides is 1. The lowest BCUT2D eigenvalue weighted by atomic mass is 10.1. The minimum atomic E-state index is -0.179. The van der Waals surface area contributed by atoms with E-state index >= 15 is 0 Å². The number of aromatic amines is 1. The van der Waals surface area contributed by atoms with Crippen LogP contribution in [0, 0.1) is 0 Å². The van der Waals surface area contributed by atoms with Crippen LogP contribution in [0.4, 0.5) is 0 Å². The number of carbonyl (C=O) groups is 1. The molecule has 2 heterocycles. The highest BCUT2D eigenvalue weighted by Crippen LogP contribution is 2.14. The van der Waals surface area contributed by atoms with Gasteiger partial charge in [0.2, 0.25) is 5.91 Å². The van der Waals surface area contributed by atoms with Gasteiger partial charge in [-0.05, 0) is 41.3 Å². The summed E-state index contributed by atoms with van der Waals surface area (Å²) in [6.07, 6.45) is 5.12. The molecule has 2 aromatic carbocycles. The molecular formula is C26H26N4O2. The molecule has 162 valence electrons. The van der Waals surface area contributed by atoms with E-state index in [4.69, 9.17) is 0 Å². The van der Waals surface area contributed by atoms with Crippen molar-refractivity contribution in [2.45, 2.75) is 39.3 Å². The number of carbonyl (C=O) groups excluding carboxylic acids is 1. The monoisotopic (exact) mass is 426 g/mol. The summed E-state index contributed by atoms with van der Waals surface area (Å²) in [5.74, 6) is 0.528. The zero-order chi connectivity index (χ0) is 22.3. The third-order valence-electron chi connectivity index (χ3n) is 5.49. The van der Waals surface area contributed by atoms with Crippen molar-refractivity contribution in [3.8, 4) is 0 Å². The van der Waals surface area contributed by atoms with E-state index in [9.17, 15) is 9.59 Å². The molecule has 0 aliphatic carbocycles. The van der Waals surface area contributed by atoms with Crippen LogP contribution in [0.3, 0.4) is 0 Å². The van der Waals surface area contributed by atoms with Crippen LogP contribution in [-0.4, -0.2) is 25.8 Å². The van der Waals surface area contributed by atoms with Crippen molar-refractivity contribution in [2.75, 3.05) is 0 Å². The quantitative estimate of drug-likeness (QED) is 0.461. The minimum Gasteiger partial charge on any atom is -0.334 e. The van der Waals surface area contributed by atoms with Gasteiger partial charge < -0.3 is 9.88 Å². The maximum atomic E-state index is 13.2. The predicted octanol–water partition coefficient (Wildman–Crippen LogP) is 4.04. The van der Waals surface area contributed by atoms with E-state index < -0.39 is 0 Å². The summed E-state index contributed by atoms with van der Waals surface area (Å²) in [5, 5.41) is 0.552. The van der Waals surface area contributed by atoms with Gasteiger partial charge in [0, 0.05) is 38.3 Å². The number of pyridine rings is 1. The fraction of sp³-hybridized carbons (Fsp3) is 0.231. The number of aryl methyl sites for hydroxylation is 2. The predicted molar refractivity (Wildman–Crippen MR) is 125 cm³/mol. The summed E-state index contributed by atoms with van der Waals surface area (Å²) in [6.45, 7) is 3.11. The average molecular weight is 427 g/mol. The van der Waals surface area contributed by atoms with Crippen molar-refractivity contribution in [1.82, 2.24) is 19.9 Å². The second kappa shape index (κ2) is 10.0. The van der Waals surface area contributed by atoms with Crippen LogP contribution < -0.4 is 5.56 Å². The number of hydrogen-bond donors (Lipinski definition) is 1. The maximum Gasteiger partial charge on any atom is 0.258 e. The highest BCUT2D eigenvalue weighted by molar-refractivity contribution is 5.78. The van der Waals surface area contributed by atoms with Crippen molar-refractivity contribution >= 4 is 16.8 Å². The molecule has 0 radical (unpaired) electrons. The van der Waals surface area contributed by atoms with Gasteiger partial charge in [0.1, 0.15) is 5.82 Å². The van der Waals surface area contributed by atoms with Crippen LogP contribution in [-0.2, 0) is 30.7 Å². The number of fused-ring (bicyclic) bond motifs is 1. The van der Waals surface area contributed by atoms with Crippen LogP contribution in [0.5, 0.6) is 0 Å². The Labute approximate surface area is 187 Å². The summed E-state index contributed by atoms with van der Waals surface area (Å²) in [6, 6.07) is 19.4. The van der Waals surface area contributed by atoms with Crippen molar-refractivity contribution < 1.29 is 4.79 Å². The lowest BCUT2D eigenvalue weighted by molar-refractivity contribution is -0.132. The van der Waals surface area contributed by atoms with E-state index in [2.05, 4.69) is 46.1 Å². The first-order valence-electron chi connectivity index (χ1n) is 10.8. The van der Waals surface area contributed by atoms with Crippen LogP contribution in [0.2, 0.25) is 0 Å². The van der Waals surface area contributed by atoms with Crippen molar-refractivity contribution in [1.29, 1.82) is 0 Å². The van der Waals surface area contributed by atoms with E-state index in [0.717, 1.165) is 17.5 Å².